The van der Waals surface area contributed by atoms with E-state index in [0.717, 1.165) is 19.4 Å². The van der Waals surface area contributed by atoms with Gasteiger partial charge in [-0.25, -0.2) is 4.39 Å². The van der Waals surface area contributed by atoms with Gasteiger partial charge in [-0.15, -0.1) is 0 Å². The zero-order chi connectivity index (χ0) is 10.9. The summed E-state index contributed by atoms with van der Waals surface area (Å²) >= 11 is 0. The number of hydrogen-bond donors (Lipinski definition) is 1. The van der Waals surface area contributed by atoms with E-state index in [2.05, 4.69) is 12.2 Å². The van der Waals surface area contributed by atoms with Gasteiger partial charge in [-0.2, -0.15) is 0 Å². The summed E-state index contributed by atoms with van der Waals surface area (Å²) in [5.41, 5.74) is 0.539. The number of hydrogen-bond acceptors (Lipinski definition) is 2. The zero-order valence-electron chi connectivity index (χ0n) is 9.13. The SMILES string of the molecule is CCCCOCCNc1ccccc1F. The normalized spacial score (nSPS) is 10.3. The van der Waals surface area contributed by atoms with E-state index in [1.807, 2.05) is 6.07 Å². The molecule has 1 N–H and O–H groups in total. The van der Waals surface area contributed by atoms with Gasteiger partial charge in [-0.05, 0) is 18.6 Å². The first kappa shape index (κ1) is 12.0. The summed E-state index contributed by atoms with van der Waals surface area (Å²) in [4.78, 5) is 0. The maximum Gasteiger partial charge on any atom is 0.146 e. The molecule has 15 heavy (non-hydrogen) atoms. The van der Waals surface area contributed by atoms with Crippen LogP contribution < -0.4 is 5.32 Å². The summed E-state index contributed by atoms with van der Waals surface area (Å²) < 4.78 is 18.5. The monoisotopic (exact) mass is 211 g/mol. The second-order valence-corrected chi connectivity index (χ2v) is 3.37. The van der Waals surface area contributed by atoms with Gasteiger partial charge in [0.1, 0.15) is 5.82 Å². The molecule has 0 saturated heterocycles. The topological polar surface area (TPSA) is 21.3 Å². The molecule has 0 spiro atoms. The average Bonchev–Trinajstić information content (AvgIpc) is 2.25. The van der Waals surface area contributed by atoms with Crippen LogP contribution in [0.25, 0.3) is 0 Å². The van der Waals surface area contributed by atoms with Crippen LogP contribution in [0.1, 0.15) is 19.8 Å². The molecule has 0 radical (unpaired) electrons. The fourth-order valence-corrected chi connectivity index (χ4v) is 1.21. The lowest BCUT2D eigenvalue weighted by molar-refractivity contribution is 0.141. The molecule has 0 bridgehead atoms. The highest BCUT2D eigenvalue weighted by molar-refractivity contribution is 5.44. The summed E-state index contributed by atoms with van der Waals surface area (Å²) in [7, 11) is 0. The zero-order valence-corrected chi connectivity index (χ0v) is 9.13. The van der Waals surface area contributed by atoms with E-state index in [4.69, 9.17) is 4.74 Å². The number of ether oxygens (including phenoxy) is 1. The molecule has 3 heteroatoms. The summed E-state index contributed by atoms with van der Waals surface area (Å²) in [5, 5.41) is 2.99. The third kappa shape index (κ3) is 4.79. The van der Waals surface area contributed by atoms with Gasteiger partial charge in [0.05, 0.1) is 12.3 Å². The second kappa shape index (κ2) is 7.23. The molecule has 0 aliphatic rings. The molecule has 0 fully saturated rings. The molecule has 1 rings (SSSR count). The minimum Gasteiger partial charge on any atom is -0.380 e. The highest BCUT2D eigenvalue weighted by Crippen LogP contribution is 2.11. The molecule has 84 valence electrons. The van der Waals surface area contributed by atoms with Crippen LogP contribution in [-0.4, -0.2) is 19.8 Å². The standard InChI is InChI=1S/C12H18FNO/c1-2-3-9-15-10-8-14-12-7-5-4-6-11(12)13/h4-7,14H,2-3,8-10H2,1H3. The Kier molecular flexibility index (Phi) is 5.78. The van der Waals surface area contributed by atoms with Crippen molar-refractivity contribution in [3.63, 3.8) is 0 Å². The maximum absolute atomic E-state index is 13.1. The number of para-hydroxylation sites is 1. The summed E-state index contributed by atoms with van der Waals surface area (Å²) in [6.07, 6.45) is 2.22. The van der Waals surface area contributed by atoms with E-state index in [0.29, 0.717) is 18.8 Å². The molecule has 0 aliphatic heterocycles. The van der Waals surface area contributed by atoms with Crippen LogP contribution in [0.3, 0.4) is 0 Å². The molecular weight excluding hydrogens is 193 g/mol. The summed E-state index contributed by atoms with van der Waals surface area (Å²) in [6, 6.07) is 6.66. The first-order valence-electron chi connectivity index (χ1n) is 5.40. The van der Waals surface area contributed by atoms with Gasteiger partial charge in [-0.1, -0.05) is 25.5 Å². The van der Waals surface area contributed by atoms with E-state index in [9.17, 15) is 4.39 Å². The molecule has 0 heterocycles. The quantitative estimate of drug-likeness (QED) is 0.700. The lowest BCUT2D eigenvalue weighted by atomic mass is 10.3. The maximum atomic E-state index is 13.1. The third-order valence-corrected chi connectivity index (χ3v) is 2.08. The molecule has 0 unspecified atom stereocenters. The van der Waals surface area contributed by atoms with Gasteiger partial charge in [0.25, 0.3) is 0 Å². The second-order valence-electron chi connectivity index (χ2n) is 3.37. The van der Waals surface area contributed by atoms with Gasteiger partial charge in [0.15, 0.2) is 0 Å². The van der Waals surface area contributed by atoms with Crippen molar-refractivity contribution in [2.45, 2.75) is 19.8 Å². The van der Waals surface area contributed by atoms with Gasteiger partial charge >= 0.3 is 0 Å². The predicted molar refractivity (Wildman–Crippen MR) is 60.6 cm³/mol. The first-order chi connectivity index (χ1) is 7.34. The molecule has 0 atom stereocenters. The van der Waals surface area contributed by atoms with Crippen molar-refractivity contribution >= 4 is 5.69 Å². The van der Waals surface area contributed by atoms with Crippen LogP contribution in [0.15, 0.2) is 24.3 Å². The Hall–Kier alpha value is -1.09. The van der Waals surface area contributed by atoms with Crippen molar-refractivity contribution < 1.29 is 9.13 Å². The van der Waals surface area contributed by atoms with Gasteiger partial charge in [0, 0.05) is 13.2 Å². The number of unbranched alkanes of at least 4 members (excludes halogenated alkanes) is 1. The van der Waals surface area contributed by atoms with E-state index >= 15 is 0 Å². The van der Waals surface area contributed by atoms with Crippen LogP contribution >= 0.6 is 0 Å². The van der Waals surface area contributed by atoms with Crippen molar-refractivity contribution in [2.24, 2.45) is 0 Å². The van der Waals surface area contributed by atoms with Crippen molar-refractivity contribution in [1.29, 1.82) is 0 Å². The highest BCUT2D eigenvalue weighted by atomic mass is 19.1. The number of benzene rings is 1. The predicted octanol–water partition coefficient (Wildman–Crippen LogP) is 3.05. The van der Waals surface area contributed by atoms with E-state index < -0.39 is 0 Å². The van der Waals surface area contributed by atoms with E-state index in [1.54, 1.807) is 12.1 Å². The molecule has 1 aromatic carbocycles. The average molecular weight is 211 g/mol. The summed E-state index contributed by atoms with van der Waals surface area (Å²) in [5.74, 6) is -0.217. The molecule has 0 aliphatic carbocycles. The van der Waals surface area contributed by atoms with Crippen molar-refractivity contribution in [3.05, 3.63) is 30.1 Å². The number of rotatable bonds is 7. The van der Waals surface area contributed by atoms with Crippen LogP contribution in [0, 0.1) is 5.82 Å². The van der Waals surface area contributed by atoms with Gasteiger partial charge in [-0.3, -0.25) is 0 Å². The van der Waals surface area contributed by atoms with Crippen LogP contribution in [0.4, 0.5) is 10.1 Å². The Morgan fingerprint density at radius 1 is 1.27 bits per heavy atom. The van der Waals surface area contributed by atoms with E-state index in [-0.39, 0.29) is 5.82 Å². The fraction of sp³-hybridized carbons (Fsp3) is 0.500. The Balaban J connectivity index is 2.12. The smallest absolute Gasteiger partial charge is 0.146 e. The van der Waals surface area contributed by atoms with Gasteiger partial charge in [0.2, 0.25) is 0 Å². The Morgan fingerprint density at radius 3 is 2.80 bits per heavy atom. The van der Waals surface area contributed by atoms with Crippen molar-refractivity contribution in [2.75, 3.05) is 25.1 Å². The minimum atomic E-state index is -0.217. The Bertz CT molecular complexity index is 278. The molecule has 0 aromatic heterocycles. The van der Waals surface area contributed by atoms with Gasteiger partial charge < -0.3 is 10.1 Å². The number of halogens is 1. The third-order valence-electron chi connectivity index (χ3n) is 2.08. The van der Waals surface area contributed by atoms with E-state index in [1.165, 1.54) is 6.07 Å². The minimum absolute atomic E-state index is 0.217. The number of anilines is 1. The fourth-order valence-electron chi connectivity index (χ4n) is 1.21. The molecule has 0 amide bonds. The number of nitrogens with one attached hydrogen (secondary N) is 1. The highest BCUT2D eigenvalue weighted by Gasteiger charge is 1.97. The van der Waals surface area contributed by atoms with Crippen molar-refractivity contribution in [1.82, 2.24) is 0 Å². The molecule has 0 saturated carbocycles. The Labute approximate surface area is 90.4 Å². The molecule has 1 aromatic rings. The van der Waals surface area contributed by atoms with Crippen LogP contribution in [0.2, 0.25) is 0 Å². The molecular formula is C12H18FNO. The van der Waals surface area contributed by atoms with Crippen molar-refractivity contribution in [3.8, 4) is 0 Å². The van der Waals surface area contributed by atoms with Crippen LogP contribution in [0.5, 0.6) is 0 Å². The lowest BCUT2D eigenvalue weighted by Gasteiger charge is -2.07. The Morgan fingerprint density at radius 2 is 2.07 bits per heavy atom. The lowest BCUT2D eigenvalue weighted by Crippen LogP contribution is -2.10. The molecule has 2 nitrogen and oxygen atoms in total. The first-order valence-corrected chi connectivity index (χ1v) is 5.40. The largest absolute Gasteiger partial charge is 0.380 e. The van der Waals surface area contributed by atoms with Crippen LogP contribution in [-0.2, 0) is 4.74 Å². The summed E-state index contributed by atoms with van der Waals surface area (Å²) in [6.45, 7) is 4.18.